The van der Waals surface area contributed by atoms with Crippen LogP contribution in [0.3, 0.4) is 0 Å². The van der Waals surface area contributed by atoms with Crippen LogP contribution >= 0.6 is 0 Å². The summed E-state index contributed by atoms with van der Waals surface area (Å²) >= 11 is 0. The molecular formula is C26H50N6O3. The topological polar surface area (TPSA) is 150 Å². The van der Waals surface area contributed by atoms with Crippen molar-refractivity contribution in [2.24, 2.45) is 33.1 Å². The minimum atomic E-state index is -0.792. The number of rotatable bonds is 18. The summed E-state index contributed by atoms with van der Waals surface area (Å²) in [6, 6.07) is -0.210. The van der Waals surface area contributed by atoms with Crippen LogP contribution in [-0.2, 0) is 14.3 Å². The number of aliphatic imine (C=N–C) groups is 2. The van der Waals surface area contributed by atoms with Gasteiger partial charge in [-0.3, -0.25) is 9.79 Å². The van der Waals surface area contributed by atoms with Gasteiger partial charge >= 0.3 is 5.97 Å². The van der Waals surface area contributed by atoms with E-state index in [1.165, 1.54) is 51.4 Å². The Kier molecular flexibility index (Phi) is 13.9. The van der Waals surface area contributed by atoms with Crippen molar-refractivity contribution in [3.63, 3.8) is 0 Å². The Morgan fingerprint density at radius 3 is 2.34 bits per heavy atom. The van der Waals surface area contributed by atoms with Crippen LogP contribution in [0.15, 0.2) is 9.98 Å². The smallest absolute Gasteiger partial charge is 0.316 e. The van der Waals surface area contributed by atoms with Crippen molar-refractivity contribution >= 4 is 17.9 Å². The molecule has 0 saturated carbocycles. The van der Waals surface area contributed by atoms with E-state index >= 15 is 0 Å². The summed E-state index contributed by atoms with van der Waals surface area (Å²) in [6.07, 6.45) is 17.7. The zero-order chi connectivity index (χ0) is 25.4. The molecule has 0 amide bonds. The Hall–Kier alpha value is -2.03. The number of unbranched alkanes of at least 4 members (excludes halogenated alkanes) is 11. The molecule has 35 heavy (non-hydrogen) atoms. The van der Waals surface area contributed by atoms with E-state index in [0.717, 1.165) is 51.4 Å². The van der Waals surface area contributed by atoms with Crippen molar-refractivity contribution < 1.29 is 14.3 Å². The molecule has 2 aliphatic heterocycles. The van der Waals surface area contributed by atoms with E-state index in [-0.39, 0.29) is 18.0 Å². The van der Waals surface area contributed by atoms with E-state index < -0.39 is 11.6 Å². The first kappa shape index (κ1) is 29.2. The van der Waals surface area contributed by atoms with Crippen molar-refractivity contribution in [2.45, 2.75) is 121 Å². The molecule has 0 radical (unpaired) electrons. The standard InChI is InChI=1S/C26H50N6O3/c1-2-3-4-5-6-7-8-9-10-12-16-21-22(26(17-15-20-35-26)32-25(29)31-21)23(33)34-19-14-11-13-18-30-24(27)28/h21-22H,2-20H2,1H3,(H4,27,28,30)(H3,29,31,32)/t21-,22-,26+/m0/s1. The third-order valence-corrected chi connectivity index (χ3v) is 7.03. The van der Waals surface area contributed by atoms with Gasteiger partial charge in [-0.05, 0) is 38.5 Å². The molecule has 0 bridgehead atoms. The molecule has 1 spiro atoms. The molecule has 1 saturated heterocycles. The maximum atomic E-state index is 13.2. The van der Waals surface area contributed by atoms with Gasteiger partial charge in [-0.1, -0.05) is 71.1 Å². The zero-order valence-electron chi connectivity index (χ0n) is 21.9. The number of nitrogens with zero attached hydrogens (tertiary/aromatic N) is 2. The average Bonchev–Trinajstić information content (AvgIpc) is 3.27. The van der Waals surface area contributed by atoms with E-state index in [2.05, 4.69) is 22.2 Å². The number of hydrogen-bond acceptors (Lipinski definition) is 7. The molecular weight excluding hydrogens is 444 g/mol. The summed E-state index contributed by atoms with van der Waals surface area (Å²) in [6.45, 7) is 3.83. The quantitative estimate of drug-likeness (QED) is 0.0981. The second-order valence-corrected chi connectivity index (χ2v) is 10.0. The number of carbonyl (C=O) groups is 1. The predicted octanol–water partition coefficient (Wildman–Crippen LogP) is 3.69. The van der Waals surface area contributed by atoms with Gasteiger partial charge in [-0.2, -0.15) is 0 Å². The monoisotopic (exact) mass is 494 g/mol. The SMILES string of the molecule is CCCCCCCCCCCC[C@@H]1N=C(N)N[C@@]2(CCCO2)[C@@H]1C(=O)OCCCCCN=C(N)N. The van der Waals surface area contributed by atoms with Gasteiger partial charge in [0.2, 0.25) is 0 Å². The molecule has 2 aliphatic rings. The maximum Gasteiger partial charge on any atom is 0.316 e. The summed E-state index contributed by atoms with van der Waals surface area (Å²) < 4.78 is 11.8. The lowest BCUT2D eigenvalue weighted by molar-refractivity contribution is -0.165. The summed E-state index contributed by atoms with van der Waals surface area (Å²) in [7, 11) is 0. The number of nitrogens with one attached hydrogen (secondary N) is 1. The van der Waals surface area contributed by atoms with Crippen molar-refractivity contribution in [1.29, 1.82) is 0 Å². The van der Waals surface area contributed by atoms with E-state index in [1.807, 2.05) is 0 Å². The maximum absolute atomic E-state index is 13.2. The number of carbonyl (C=O) groups excluding carboxylic acids is 1. The molecule has 7 N–H and O–H groups in total. The zero-order valence-corrected chi connectivity index (χ0v) is 21.9. The van der Waals surface area contributed by atoms with Gasteiger partial charge in [0.25, 0.3) is 0 Å². The molecule has 0 aromatic carbocycles. The summed E-state index contributed by atoms with van der Waals surface area (Å²) in [4.78, 5) is 21.8. The first-order valence-electron chi connectivity index (χ1n) is 14.0. The molecule has 0 aliphatic carbocycles. The summed E-state index contributed by atoms with van der Waals surface area (Å²) in [5.74, 6) is -0.237. The van der Waals surface area contributed by atoms with Crippen LogP contribution in [0.1, 0.15) is 110 Å². The summed E-state index contributed by atoms with van der Waals surface area (Å²) in [5.41, 5.74) is 16.0. The van der Waals surface area contributed by atoms with Crippen molar-refractivity contribution in [2.75, 3.05) is 19.8 Å². The van der Waals surface area contributed by atoms with Crippen LogP contribution in [-0.4, -0.2) is 49.4 Å². The van der Waals surface area contributed by atoms with E-state index in [4.69, 9.17) is 26.7 Å². The predicted molar refractivity (Wildman–Crippen MR) is 142 cm³/mol. The molecule has 0 aromatic rings. The Morgan fingerprint density at radius 2 is 1.71 bits per heavy atom. The van der Waals surface area contributed by atoms with Crippen LogP contribution in [0.4, 0.5) is 0 Å². The fourth-order valence-corrected chi connectivity index (χ4v) is 5.18. The highest BCUT2D eigenvalue weighted by Crippen LogP contribution is 2.38. The van der Waals surface area contributed by atoms with Crippen LogP contribution in [0.5, 0.6) is 0 Å². The first-order chi connectivity index (χ1) is 17.0. The van der Waals surface area contributed by atoms with Gasteiger partial charge in [0.15, 0.2) is 17.6 Å². The molecule has 9 nitrogen and oxygen atoms in total. The number of guanidine groups is 2. The van der Waals surface area contributed by atoms with Gasteiger partial charge < -0.3 is 32.0 Å². The lowest BCUT2D eigenvalue weighted by Gasteiger charge is -2.42. The fourth-order valence-electron chi connectivity index (χ4n) is 5.18. The van der Waals surface area contributed by atoms with Crippen molar-refractivity contribution in [1.82, 2.24) is 5.32 Å². The molecule has 2 heterocycles. The third kappa shape index (κ3) is 10.6. The van der Waals surface area contributed by atoms with Crippen LogP contribution in [0.25, 0.3) is 0 Å². The lowest BCUT2D eigenvalue weighted by Crippen LogP contribution is -2.64. The Morgan fingerprint density at radius 1 is 1.06 bits per heavy atom. The molecule has 2 rings (SSSR count). The van der Waals surface area contributed by atoms with Gasteiger partial charge in [0.1, 0.15) is 5.92 Å². The Labute approximate surface area is 212 Å². The van der Waals surface area contributed by atoms with E-state index in [1.54, 1.807) is 0 Å². The minimum absolute atomic E-state index is 0.108. The van der Waals surface area contributed by atoms with Crippen LogP contribution in [0.2, 0.25) is 0 Å². The van der Waals surface area contributed by atoms with Crippen LogP contribution in [0, 0.1) is 5.92 Å². The fraction of sp³-hybridized carbons (Fsp3) is 0.885. The van der Waals surface area contributed by atoms with Gasteiger partial charge in [-0.15, -0.1) is 0 Å². The Balaban J connectivity index is 1.78. The Bertz CT molecular complexity index is 659. The molecule has 202 valence electrons. The van der Waals surface area contributed by atoms with Crippen LogP contribution < -0.4 is 22.5 Å². The van der Waals surface area contributed by atoms with Gasteiger partial charge in [0, 0.05) is 13.2 Å². The van der Waals surface area contributed by atoms with E-state index in [0.29, 0.717) is 25.7 Å². The van der Waals surface area contributed by atoms with Gasteiger partial charge in [0.05, 0.1) is 12.6 Å². The molecule has 3 atom stereocenters. The normalized spacial score (nSPS) is 23.6. The second-order valence-electron chi connectivity index (χ2n) is 10.0. The highest BCUT2D eigenvalue weighted by atomic mass is 16.5. The molecule has 0 aromatic heterocycles. The van der Waals surface area contributed by atoms with Crippen molar-refractivity contribution in [3.8, 4) is 0 Å². The number of hydrogen-bond donors (Lipinski definition) is 4. The second kappa shape index (κ2) is 16.6. The van der Waals surface area contributed by atoms with Gasteiger partial charge in [-0.25, -0.2) is 4.99 Å². The third-order valence-electron chi connectivity index (χ3n) is 7.03. The highest BCUT2D eigenvalue weighted by molar-refractivity contribution is 5.84. The average molecular weight is 495 g/mol. The molecule has 0 unspecified atom stereocenters. The lowest BCUT2D eigenvalue weighted by atomic mass is 9.82. The number of esters is 1. The first-order valence-corrected chi connectivity index (χ1v) is 14.0. The summed E-state index contributed by atoms with van der Waals surface area (Å²) in [5, 5.41) is 3.19. The molecule has 9 heteroatoms. The minimum Gasteiger partial charge on any atom is -0.465 e. The highest BCUT2D eigenvalue weighted by Gasteiger charge is 2.53. The molecule has 1 fully saturated rings. The van der Waals surface area contributed by atoms with E-state index in [9.17, 15) is 4.79 Å². The largest absolute Gasteiger partial charge is 0.465 e. The number of ether oxygens (including phenoxy) is 2. The number of nitrogens with two attached hydrogens (primary N) is 3. The van der Waals surface area contributed by atoms with Crippen molar-refractivity contribution in [3.05, 3.63) is 0 Å².